The van der Waals surface area contributed by atoms with E-state index in [1.54, 1.807) is 24.1 Å². The van der Waals surface area contributed by atoms with Gasteiger partial charge in [-0.25, -0.2) is 0 Å². The molecule has 0 aliphatic carbocycles. The first-order chi connectivity index (χ1) is 16.1. The van der Waals surface area contributed by atoms with Crippen molar-refractivity contribution in [2.24, 2.45) is 13.0 Å². The van der Waals surface area contributed by atoms with E-state index in [1.165, 1.54) is 11.3 Å². The standard InChI is InChI=1S/C24H26N4O4S/c1-27-15-18(14-26-27)23(29)25-13-16-6-8-28(9-7-16)24(30)22-5-4-21(33-22)17-2-3-19-20(12-17)32-11-10-31-19/h2-5,12,14-16H,6-11,13H2,1H3,(H,25,29). The van der Waals surface area contributed by atoms with Crippen molar-refractivity contribution in [1.29, 1.82) is 0 Å². The summed E-state index contributed by atoms with van der Waals surface area (Å²) in [4.78, 5) is 28.9. The molecule has 33 heavy (non-hydrogen) atoms. The smallest absolute Gasteiger partial charge is 0.263 e. The minimum absolute atomic E-state index is 0.0710. The summed E-state index contributed by atoms with van der Waals surface area (Å²) in [5, 5.41) is 7.02. The van der Waals surface area contributed by atoms with Gasteiger partial charge in [0.2, 0.25) is 0 Å². The lowest BCUT2D eigenvalue weighted by Gasteiger charge is -2.31. The normalized spacial score (nSPS) is 16.0. The van der Waals surface area contributed by atoms with Crippen LogP contribution in [0.15, 0.2) is 42.7 Å². The molecule has 0 saturated carbocycles. The average Bonchev–Trinajstić information content (AvgIpc) is 3.52. The van der Waals surface area contributed by atoms with E-state index in [9.17, 15) is 9.59 Å². The monoisotopic (exact) mass is 466 g/mol. The van der Waals surface area contributed by atoms with Gasteiger partial charge in [0.05, 0.1) is 16.6 Å². The van der Waals surface area contributed by atoms with Crippen molar-refractivity contribution in [1.82, 2.24) is 20.0 Å². The Balaban J connectivity index is 1.15. The number of rotatable bonds is 5. The van der Waals surface area contributed by atoms with Crippen LogP contribution in [0.4, 0.5) is 0 Å². The number of thiophene rings is 1. The molecule has 9 heteroatoms. The second-order valence-electron chi connectivity index (χ2n) is 8.37. The second-order valence-corrected chi connectivity index (χ2v) is 9.45. The van der Waals surface area contributed by atoms with Crippen LogP contribution < -0.4 is 14.8 Å². The number of aromatic nitrogens is 2. The van der Waals surface area contributed by atoms with E-state index >= 15 is 0 Å². The largest absolute Gasteiger partial charge is 0.486 e. The number of ether oxygens (including phenoxy) is 2. The van der Waals surface area contributed by atoms with Crippen LogP contribution in [0.3, 0.4) is 0 Å². The van der Waals surface area contributed by atoms with Crippen molar-refractivity contribution >= 4 is 23.2 Å². The quantitative estimate of drug-likeness (QED) is 0.624. The fraction of sp³-hybridized carbons (Fsp3) is 0.375. The van der Waals surface area contributed by atoms with Gasteiger partial charge in [0.1, 0.15) is 13.2 Å². The molecule has 0 radical (unpaired) electrons. The first kappa shape index (κ1) is 21.5. The number of hydrogen-bond acceptors (Lipinski definition) is 6. The van der Waals surface area contributed by atoms with Crippen LogP contribution in [0.5, 0.6) is 11.5 Å². The molecule has 2 aromatic heterocycles. The highest BCUT2D eigenvalue weighted by Gasteiger charge is 2.25. The van der Waals surface area contributed by atoms with Crippen LogP contribution in [-0.2, 0) is 7.05 Å². The summed E-state index contributed by atoms with van der Waals surface area (Å²) in [5.41, 5.74) is 1.59. The maximum absolute atomic E-state index is 13.0. The highest BCUT2D eigenvalue weighted by Crippen LogP contribution is 2.37. The molecule has 0 spiro atoms. The van der Waals surface area contributed by atoms with E-state index < -0.39 is 0 Å². The molecule has 4 heterocycles. The third kappa shape index (κ3) is 4.73. The number of piperidine rings is 1. The molecule has 2 aliphatic rings. The summed E-state index contributed by atoms with van der Waals surface area (Å²) in [5.74, 6) is 1.84. The van der Waals surface area contributed by atoms with Gasteiger partial charge in [0, 0.05) is 37.8 Å². The van der Waals surface area contributed by atoms with E-state index in [1.807, 2.05) is 35.2 Å². The van der Waals surface area contributed by atoms with E-state index in [2.05, 4.69) is 10.4 Å². The fourth-order valence-corrected chi connectivity index (χ4v) is 5.15. The Kier molecular flexibility index (Phi) is 6.04. The lowest BCUT2D eigenvalue weighted by molar-refractivity contribution is 0.0689. The number of amides is 2. The van der Waals surface area contributed by atoms with Crippen LogP contribution >= 0.6 is 11.3 Å². The molecule has 172 valence electrons. The molecule has 0 bridgehead atoms. The molecule has 2 amide bonds. The lowest BCUT2D eigenvalue weighted by Crippen LogP contribution is -2.41. The summed E-state index contributed by atoms with van der Waals surface area (Å²) in [6.45, 7) is 3.13. The number of likely N-dealkylation sites (tertiary alicyclic amines) is 1. The molecular weight excluding hydrogens is 440 g/mol. The topological polar surface area (TPSA) is 85.7 Å². The Bertz CT molecular complexity index is 1160. The summed E-state index contributed by atoms with van der Waals surface area (Å²) in [6.07, 6.45) is 5.02. The van der Waals surface area contributed by atoms with Crippen molar-refractivity contribution in [3.8, 4) is 21.9 Å². The van der Waals surface area contributed by atoms with E-state index in [4.69, 9.17) is 9.47 Å². The molecule has 1 saturated heterocycles. The second kappa shape index (κ2) is 9.27. The van der Waals surface area contributed by atoms with Gasteiger partial charge in [-0.2, -0.15) is 5.10 Å². The van der Waals surface area contributed by atoms with Crippen molar-refractivity contribution in [2.75, 3.05) is 32.8 Å². The van der Waals surface area contributed by atoms with Gasteiger partial charge >= 0.3 is 0 Å². The first-order valence-electron chi connectivity index (χ1n) is 11.1. The number of benzene rings is 1. The SMILES string of the molecule is Cn1cc(C(=O)NCC2CCN(C(=O)c3ccc(-c4ccc5c(c4)OCCO5)s3)CC2)cn1. The van der Waals surface area contributed by atoms with Crippen molar-refractivity contribution < 1.29 is 19.1 Å². The van der Waals surface area contributed by atoms with Gasteiger partial charge in [-0.05, 0) is 54.7 Å². The highest BCUT2D eigenvalue weighted by molar-refractivity contribution is 7.17. The Morgan fingerprint density at radius 3 is 2.67 bits per heavy atom. The van der Waals surface area contributed by atoms with Crippen molar-refractivity contribution in [2.45, 2.75) is 12.8 Å². The molecule has 3 aromatic rings. The predicted octanol–water partition coefficient (Wildman–Crippen LogP) is 3.20. The zero-order chi connectivity index (χ0) is 22.8. The highest BCUT2D eigenvalue weighted by atomic mass is 32.1. The van der Waals surface area contributed by atoms with Crippen LogP contribution in [0, 0.1) is 5.92 Å². The van der Waals surface area contributed by atoms with Crippen LogP contribution in [0.25, 0.3) is 10.4 Å². The number of aryl methyl sites for hydroxylation is 1. The van der Waals surface area contributed by atoms with Gasteiger partial charge in [-0.1, -0.05) is 0 Å². The Morgan fingerprint density at radius 2 is 1.91 bits per heavy atom. The van der Waals surface area contributed by atoms with Crippen molar-refractivity contribution in [3.05, 3.63) is 53.2 Å². The van der Waals surface area contributed by atoms with Crippen molar-refractivity contribution in [3.63, 3.8) is 0 Å². The van der Waals surface area contributed by atoms with Gasteiger partial charge in [0.15, 0.2) is 11.5 Å². The number of fused-ring (bicyclic) bond motifs is 1. The van der Waals surface area contributed by atoms with Crippen LogP contribution in [0.2, 0.25) is 0 Å². The molecule has 0 atom stereocenters. The molecule has 1 N–H and O–H groups in total. The van der Waals surface area contributed by atoms with Gasteiger partial charge in [-0.3, -0.25) is 14.3 Å². The third-order valence-electron chi connectivity index (χ3n) is 6.06. The average molecular weight is 467 g/mol. The summed E-state index contributed by atoms with van der Waals surface area (Å²) in [6, 6.07) is 9.78. The van der Waals surface area contributed by atoms with E-state index in [0.717, 1.165) is 39.7 Å². The van der Waals surface area contributed by atoms with E-state index in [0.29, 0.717) is 44.3 Å². The Hall–Kier alpha value is -3.33. The summed E-state index contributed by atoms with van der Waals surface area (Å²) >= 11 is 1.50. The van der Waals surface area contributed by atoms with Crippen LogP contribution in [0.1, 0.15) is 32.9 Å². The molecule has 8 nitrogen and oxygen atoms in total. The van der Waals surface area contributed by atoms with E-state index in [-0.39, 0.29) is 11.8 Å². The predicted molar refractivity (Wildman–Crippen MR) is 125 cm³/mol. The molecule has 5 rings (SSSR count). The minimum atomic E-state index is -0.105. The number of hydrogen-bond donors (Lipinski definition) is 1. The van der Waals surface area contributed by atoms with Gasteiger partial charge < -0.3 is 19.7 Å². The van der Waals surface area contributed by atoms with Crippen LogP contribution in [-0.4, -0.2) is 59.3 Å². The number of nitrogens with one attached hydrogen (secondary N) is 1. The number of nitrogens with zero attached hydrogens (tertiary/aromatic N) is 3. The first-order valence-corrected chi connectivity index (χ1v) is 11.9. The minimum Gasteiger partial charge on any atom is -0.486 e. The zero-order valence-corrected chi connectivity index (χ0v) is 19.3. The summed E-state index contributed by atoms with van der Waals surface area (Å²) < 4.78 is 12.9. The number of carbonyl (C=O) groups is 2. The molecule has 0 unspecified atom stereocenters. The Labute approximate surface area is 196 Å². The lowest BCUT2D eigenvalue weighted by atomic mass is 9.96. The molecule has 2 aliphatic heterocycles. The third-order valence-corrected chi connectivity index (χ3v) is 7.19. The fourth-order valence-electron chi connectivity index (χ4n) is 4.18. The molecule has 1 fully saturated rings. The summed E-state index contributed by atoms with van der Waals surface area (Å²) in [7, 11) is 1.79. The van der Waals surface area contributed by atoms with Gasteiger partial charge in [-0.15, -0.1) is 11.3 Å². The molecule has 1 aromatic carbocycles. The Morgan fingerprint density at radius 1 is 1.12 bits per heavy atom. The molecular formula is C24H26N4O4S. The zero-order valence-electron chi connectivity index (χ0n) is 18.5. The van der Waals surface area contributed by atoms with Gasteiger partial charge in [0.25, 0.3) is 11.8 Å². The maximum atomic E-state index is 13.0. The maximum Gasteiger partial charge on any atom is 0.263 e. The number of carbonyl (C=O) groups excluding carboxylic acids is 2.